The van der Waals surface area contributed by atoms with Gasteiger partial charge in [0.2, 0.25) is 5.91 Å². The van der Waals surface area contributed by atoms with E-state index in [2.05, 4.69) is 11.4 Å². The summed E-state index contributed by atoms with van der Waals surface area (Å²) >= 11 is 0. The molecule has 1 atom stereocenters. The Hall–Kier alpha value is -2.82. The zero-order valence-electron chi connectivity index (χ0n) is 17.2. The maximum absolute atomic E-state index is 12.8. The molecule has 2 aliphatic heterocycles. The topological polar surface area (TPSA) is 58.6 Å². The van der Waals surface area contributed by atoms with Gasteiger partial charge in [0.15, 0.2) is 0 Å². The minimum atomic E-state index is -0.299. The third-order valence-electron chi connectivity index (χ3n) is 6.66. The van der Waals surface area contributed by atoms with Gasteiger partial charge in [0.1, 0.15) is 11.4 Å². The van der Waals surface area contributed by atoms with Crippen LogP contribution >= 0.6 is 0 Å². The number of ether oxygens (including phenoxy) is 1. The minimum absolute atomic E-state index is 0.0852. The average Bonchev–Trinajstić information content (AvgIpc) is 3.58. The van der Waals surface area contributed by atoms with Crippen LogP contribution in [-0.2, 0) is 4.79 Å². The Morgan fingerprint density at radius 2 is 1.70 bits per heavy atom. The average molecular weight is 405 g/mol. The third-order valence-corrected chi connectivity index (χ3v) is 6.66. The molecule has 2 amide bonds. The first-order chi connectivity index (χ1) is 14.6. The van der Waals surface area contributed by atoms with E-state index >= 15 is 0 Å². The van der Waals surface area contributed by atoms with Gasteiger partial charge < -0.3 is 15.0 Å². The van der Waals surface area contributed by atoms with E-state index in [1.165, 1.54) is 0 Å². The molecule has 1 N–H and O–H groups in total. The first kappa shape index (κ1) is 19.2. The summed E-state index contributed by atoms with van der Waals surface area (Å²) in [6.07, 6.45) is 5.12. The SMILES string of the molecule is O=C(CC1CC2(CCN(C(=O)c3ccccc3)CC2)Oc2ccccc21)NC1CC1. The molecule has 1 saturated carbocycles. The van der Waals surface area contributed by atoms with E-state index in [1.54, 1.807) is 0 Å². The number of hydrogen-bond donors (Lipinski definition) is 1. The van der Waals surface area contributed by atoms with E-state index in [-0.39, 0.29) is 23.3 Å². The van der Waals surface area contributed by atoms with Crippen LogP contribution in [0.25, 0.3) is 0 Å². The van der Waals surface area contributed by atoms with Crippen molar-refractivity contribution in [2.24, 2.45) is 0 Å². The summed E-state index contributed by atoms with van der Waals surface area (Å²) in [7, 11) is 0. The van der Waals surface area contributed by atoms with Gasteiger partial charge >= 0.3 is 0 Å². The van der Waals surface area contributed by atoms with Crippen molar-refractivity contribution >= 4 is 11.8 Å². The molecule has 2 aromatic carbocycles. The first-order valence-corrected chi connectivity index (χ1v) is 11.0. The van der Waals surface area contributed by atoms with Crippen molar-refractivity contribution in [1.82, 2.24) is 10.2 Å². The number of fused-ring (bicyclic) bond motifs is 1. The molecule has 156 valence electrons. The molecule has 2 fully saturated rings. The Kier molecular flexibility index (Phi) is 4.97. The monoisotopic (exact) mass is 404 g/mol. The predicted molar refractivity (Wildman–Crippen MR) is 115 cm³/mol. The number of amides is 2. The van der Waals surface area contributed by atoms with Crippen molar-refractivity contribution in [1.29, 1.82) is 0 Å². The van der Waals surface area contributed by atoms with Gasteiger partial charge in [-0.2, -0.15) is 0 Å². The molecule has 1 unspecified atom stereocenters. The molecular formula is C25H28N2O3. The molecular weight excluding hydrogens is 376 g/mol. The molecule has 2 heterocycles. The lowest BCUT2D eigenvalue weighted by Crippen LogP contribution is -2.52. The van der Waals surface area contributed by atoms with Crippen molar-refractivity contribution in [2.75, 3.05) is 13.1 Å². The molecule has 1 saturated heterocycles. The van der Waals surface area contributed by atoms with Crippen molar-refractivity contribution in [2.45, 2.75) is 56.1 Å². The maximum Gasteiger partial charge on any atom is 0.253 e. The van der Waals surface area contributed by atoms with E-state index in [4.69, 9.17) is 4.74 Å². The molecule has 1 aliphatic carbocycles. The van der Waals surface area contributed by atoms with E-state index in [9.17, 15) is 9.59 Å². The van der Waals surface area contributed by atoms with Crippen LogP contribution in [-0.4, -0.2) is 41.4 Å². The Labute approximate surface area is 177 Å². The van der Waals surface area contributed by atoms with Crippen LogP contribution in [0.15, 0.2) is 54.6 Å². The second kappa shape index (κ2) is 7.78. The largest absolute Gasteiger partial charge is 0.487 e. The highest BCUT2D eigenvalue weighted by Crippen LogP contribution is 2.46. The number of carbonyl (C=O) groups excluding carboxylic acids is 2. The number of nitrogens with one attached hydrogen (secondary N) is 1. The molecule has 5 rings (SSSR count). The molecule has 30 heavy (non-hydrogen) atoms. The summed E-state index contributed by atoms with van der Waals surface area (Å²) in [5.41, 5.74) is 1.57. The maximum atomic E-state index is 12.8. The number of rotatable bonds is 4. The van der Waals surface area contributed by atoms with Gasteiger partial charge in [-0.25, -0.2) is 0 Å². The van der Waals surface area contributed by atoms with Crippen LogP contribution in [0.3, 0.4) is 0 Å². The quantitative estimate of drug-likeness (QED) is 0.841. The fourth-order valence-corrected chi connectivity index (χ4v) is 4.85. The number of piperidine rings is 1. The zero-order valence-corrected chi connectivity index (χ0v) is 17.2. The van der Waals surface area contributed by atoms with Crippen molar-refractivity contribution in [3.63, 3.8) is 0 Å². The van der Waals surface area contributed by atoms with Crippen LogP contribution in [0.1, 0.15) is 60.4 Å². The van der Waals surface area contributed by atoms with Gasteiger partial charge in [-0.15, -0.1) is 0 Å². The van der Waals surface area contributed by atoms with Crippen LogP contribution in [0.2, 0.25) is 0 Å². The van der Waals surface area contributed by atoms with E-state index in [0.717, 1.165) is 49.0 Å². The van der Waals surface area contributed by atoms with Crippen molar-refractivity contribution in [3.05, 3.63) is 65.7 Å². The Balaban J connectivity index is 1.30. The fraction of sp³-hybridized carbons (Fsp3) is 0.440. The summed E-state index contributed by atoms with van der Waals surface area (Å²) in [4.78, 5) is 27.3. The molecule has 5 nitrogen and oxygen atoms in total. The Morgan fingerprint density at radius 3 is 2.43 bits per heavy atom. The van der Waals surface area contributed by atoms with Gasteiger partial charge in [-0.05, 0) is 43.0 Å². The van der Waals surface area contributed by atoms with Gasteiger partial charge in [-0.3, -0.25) is 9.59 Å². The molecule has 5 heteroatoms. The number of benzene rings is 2. The summed E-state index contributed by atoms with van der Waals surface area (Å²) in [6, 6.07) is 18.0. The first-order valence-electron chi connectivity index (χ1n) is 11.0. The van der Waals surface area contributed by atoms with Crippen LogP contribution < -0.4 is 10.1 Å². The van der Waals surface area contributed by atoms with E-state index in [0.29, 0.717) is 25.6 Å². The number of para-hydroxylation sites is 1. The highest BCUT2D eigenvalue weighted by atomic mass is 16.5. The summed E-state index contributed by atoms with van der Waals surface area (Å²) in [5, 5.41) is 3.13. The minimum Gasteiger partial charge on any atom is -0.487 e. The summed E-state index contributed by atoms with van der Waals surface area (Å²) in [6.45, 7) is 1.35. The lowest BCUT2D eigenvalue weighted by Gasteiger charge is -2.47. The summed E-state index contributed by atoms with van der Waals surface area (Å²) < 4.78 is 6.53. The summed E-state index contributed by atoms with van der Waals surface area (Å²) in [5.74, 6) is 1.29. The number of nitrogens with zero attached hydrogens (tertiary/aromatic N) is 1. The normalized spacial score (nSPS) is 22.1. The van der Waals surface area contributed by atoms with Crippen molar-refractivity contribution in [3.8, 4) is 5.75 Å². The zero-order chi connectivity index (χ0) is 20.6. The molecule has 2 aromatic rings. The second-order valence-corrected chi connectivity index (χ2v) is 8.93. The number of hydrogen-bond acceptors (Lipinski definition) is 3. The predicted octanol–water partition coefficient (Wildman–Crippen LogP) is 3.90. The van der Waals surface area contributed by atoms with Crippen LogP contribution in [0.4, 0.5) is 0 Å². The van der Waals surface area contributed by atoms with Crippen LogP contribution in [0.5, 0.6) is 5.75 Å². The van der Waals surface area contributed by atoms with Crippen LogP contribution in [0, 0.1) is 0 Å². The fourth-order valence-electron chi connectivity index (χ4n) is 4.85. The molecule has 3 aliphatic rings. The molecule has 0 aromatic heterocycles. The smallest absolute Gasteiger partial charge is 0.253 e. The Morgan fingerprint density at radius 1 is 1.00 bits per heavy atom. The van der Waals surface area contributed by atoms with E-state index in [1.807, 2.05) is 53.4 Å². The molecule has 0 bridgehead atoms. The lowest BCUT2D eigenvalue weighted by atomic mass is 9.76. The second-order valence-electron chi connectivity index (χ2n) is 8.93. The highest BCUT2D eigenvalue weighted by Gasteiger charge is 2.44. The van der Waals surface area contributed by atoms with Gasteiger partial charge in [0.25, 0.3) is 5.91 Å². The molecule has 0 radical (unpaired) electrons. The Bertz CT molecular complexity index is 930. The van der Waals surface area contributed by atoms with Gasteiger partial charge in [0, 0.05) is 49.9 Å². The van der Waals surface area contributed by atoms with Gasteiger partial charge in [-0.1, -0.05) is 36.4 Å². The lowest BCUT2D eigenvalue weighted by molar-refractivity contribution is -0.122. The molecule has 1 spiro atoms. The standard InChI is InChI=1S/C25H28N2O3/c28-23(26-20-10-11-20)16-19-17-25(30-22-9-5-4-8-21(19)22)12-14-27(15-13-25)24(29)18-6-2-1-3-7-18/h1-9,19-20H,10-17H2,(H,26,28). The highest BCUT2D eigenvalue weighted by molar-refractivity contribution is 5.94. The number of likely N-dealkylation sites (tertiary alicyclic amines) is 1. The van der Waals surface area contributed by atoms with Crippen molar-refractivity contribution < 1.29 is 14.3 Å². The third kappa shape index (κ3) is 3.93. The number of carbonyl (C=O) groups is 2. The van der Waals surface area contributed by atoms with E-state index < -0.39 is 0 Å². The van der Waals surface area contributed by atoms with Gasteiger partial charge in [0.05, 0.1) is 0 Å².